The summed E-state index contributed by atoms with van der Waals surface area (Å²) in [5.74, 6) is -0.487. The van der Waals surface area contributed by atoms with Crippen molar-refractivity contribution in [3.63, 3.8) is 0 Å². The number of carbonyl (C=O) groups excluding carboxylic acids is 3. The molecular weight excluding hydrogens is 310 g/mol. The molecule has 4 N–H and O–H groups in total. The van der Waals surface area contributed by atoms with Crippen LogP contribution in [0.1, 0.15) is 32.1 Å². The van der Waals surface area contributed by atoms with Crippen LogP contribution in [0.5, 0.6) is 5.75 Å². The highest BCUT2D eigenvalue weighted by Crippen LogP contribution is 2.23. The van der Waals surface area contributed by atoms with Gasteiger partial charge in [0.25, 0.3) is 5.91 Å². The summed E-state index contributed by atoms with van der Waals surface area (Å²) in [7, 11) is 0. The second kappa shape index (κ2) is 8.90. The molecule has 1 aliphatic rings. The number of nitrogens with two attached hydrogens (primary N) is 1. The molecule has 130 valence electrons. The third-order valence-corrected chi connectivity index (χ3v) is 3.90. The molecule has 7 heteroatoms. The smallest absolute Gasteiger partial charge is 0.255 e. The Morgan fingerprint density at radius 1 is 1.17 bits per heavy atom. The molecule has 0 heterocycles. The summed E-state index contributed by atoms with van der Waals surface area (Å²) in [4.78, 5) is 34.6. The molecule has 0 bridgehead atoms. The van der Waals surface area contributed by atoms with E-state index in [-0.39, 0.29) is 30.9 Å². The van der Waals surface area contributed by atoms with Crippen LogP contribution in [0.15, 0.2) is 24.3 Å². The van der Waals surface area contributed by atoms with Gasteiger partial charge in [0.05, 0.1) is 6.54 Å². The van der Waals surface area contributed by atoms with E-state index in [4.69, 9.17) is 10.5 Å². The second-order valence-corrected chi connectivity index (χ2v) is 5.88. The van der Waals surface area contributed by atoms with Gasteiger partial charge in [-0.05, 0) is 25.0 Å². The quantitative estimate of drug-likeness (QED) is 0.696. The highest BCUT2D eigenvalue weighted by Gasteiger charge is 2.21. The van der Waals surface area contributed by atoms with Gasteiger partial charge in [-0.3, -0.25) is 14.4 Å². The first kappa shape index (κ1) is 17.8. The summed E-state index contributed by atoms with van der Waals surface area (Å²) in [6.45, 7) is -0.295. The number of rotatable bonds is 7. The van der Waals surface area contributed by atoms with Crippen molar-refractivity contribution in [3.8, 4) is 5.75 Å². The lowest BCUT2D eigenvalue weighted by Gasteiger charge is -2.20. The number of benzene rings is 1. The Bertz CT molecular complexity index is 597. The fourth-order valence-electron chi connectivity index (χ4n) is 2.70. The van der Waals surface area contributed by atoms with Crippen LogP contribution in [0, 0.1) is 5.92 Å². The molecule has 0 spiro atoms. The highest BCUT2D eigenvalue weighted by atomic mass is 16.5. The van der Waals surface area contributed by atoms with Gasteiger partial charge in [0.1, 0.15) is 5.75 Å². The second-order valence-electron chi connectivity index (χ2n) is 5.88. The summed E-state index contributed by atoms with van der Waals surface area (Å²) >= 11 is 0. The highest BCUT2D eigenvalue weighted by molar-refractivity contribution is 5.94. The molecule has 3 amide bonds. The minimum Gasteiger partial charge on any atom is -0.484 e. The van der Waals surface area contributed by atoms with E-state index >= 15 is 0 Å². The zero-order valence-corrected chi connectivity index (χ0v) is 13.5. The van der Waals surface area contributed by atoms with Gasteiger partial charge in [0.2, 0.25) is 11.8 Å². The minimum absolute atomic E-state index is 0.0251. The Labute approximate surface area is 140 Å². The normalized spacial score (nSPS) is 14.7. The molecule has 1 aliphatic carbocycles. The molecule has 24 heavy (non-hydrogen) atoms. The Morgan fingerprint density at radius 2 is 1.92 bits per heavy atom. The Hall–Kier alpha value is -2.57. The number of primary amides is 1. The average molecular weight is 333 g/mol. The Morgan fingerprint density at radius 3 is 2.62 bits per heavy atom. The number of ether oxygens (including phenoxy) is 1. The first-order valence-electron chi connectivity index (χ1n) is 8.13. The van der Waals surface area contributed by atoms with Crippen molar-refractivity contribution in [2.75, 3.05) is 18.5 Å². The molecule has 0 aromatic heterocycles. The van der Waals surface area contributed by atoms with E-state index in [1.165, 1.54) is 6.42 Å². The van der Waals surface area contributed by atoms with Crippen molar-refractivity contribution in [1.82, 2.24) is 5.32 Å². The van der Waals surface area contributed by atoms with Gasteiger partial charge in [-0.1, -0.05) is 25.3 Å². The van der Waals surface area contributed by atoms with E-state index in [2.05, 4.69) is 10.6 Å². The van der Waals surface area contributed by atoms with E-state index in [1.54, 1.807) is 24.3 Å². The fraction of sp³-hybridized carbons (Fsp3) is 0.471. The maximum Gasteiger partial charge on any atom is 0.255 e. The maximum atomic E-state index is 12.0. The van der Waals surface area contributed by atoms with Gasteiger partial charge in [-0.25, -0.2) is 0 Å². The van der Waals surface area contributed by atoms with Crippen molar-refractivity contribution in [1.29, 1.82) is 0 Å². The standard InChI is InChI=1S/C17H23N3O4/c18-15(21)11-24-14-8-4-7-13(9-14)20-16(22)10-19-17(23)12-5-2-1-3-6-12/h4,7-9,12H,1-3,5-6,10-11H2,(H2,18,21)(H,19,23)(H,20,22). The summed E-state index contributed by atoms with van der Waals surface area (Å²) in [5.41, 5.74) is 5.54. The topological polar surface area (TPSA) is 111 Å². The first-order chi connectivity index (χ1) is 11.5. The molecule has 1 aromatic carbocycles. The Kier molecular flexibility index (Phi) is 6.60. The van der Waals surface area contributed by atoms with Crippen molar-refractivity contribution in [2.24, 2.45) is 11.7 Å². The Balaban J connectivity index is 1.78. The van der Waals surface area contributed by atoms with Crippen LogP contribution in [-0.2, 0) is 14.4 Å². The predicted octanol–water partition coefficient (Wildman–Crippen LogP) is 1.19. The van der Waals surface area contributed by atoms with Crippen molar-refractivity contribution in [2.45, 2.75) is 32.1 Å². The largest absolute Gasteiger partial charge is 0.484 e. The molecule has 0 radical (unpaired) electrons. The SMILES string of the molecule is NC(=O)COc1cccc(NC(=O)CNC(=O)C2CCCCC2)c1. The lowest BCUT2D eigenvalue weighted by Crippen LogP contribution is -2.37. The van der Waals surface area contributed by atoms with Crippen LogP contribution in [0.25, 0.3) is 0 Å². The molecule has 1 aromatic rings. The summed E-state index contributed by atoms with van der Waals surface area (Å²) < 4.78 is 5.17. The van der Waals surface area contributed by atoms with Crippen LogP contribution in [0.3, 0.4) is 0 Å². The van der Waals surface area contributed by atoms with Gasteiger partial charge < -0.3 is 21.1 Å². The zero-order valence-electron chi connectivity index (χ0n) is 13.5. The first-order valence-corrected chi connectivity index (χ1v) is 8.13. The van der Waals surface area contributed by atoms with Crippen molar-refractivity contribution < 1.29 is 19.1 Å². The number of hydrogen-bond acceptors (Lipinski definition) is 4. The van der Waals surface area contributed by atoms with Gasteiger partial charge in [-0.2, -0.15) is 0 Å². The average Bonchev–Trinajstić information content (AvgIpc) is 2.59. The van der Waals surface area contributed by atoms with Gasteiger partial charge in [0, 0.05) is 17.7 Å². The molecule has 2 rings (SSSR count). The lowest BCUT2D eigenvalue weighted by atomic mass is 9.89. The number of nitrogens with one attached hydrogen (secondary N) is 2. The summed E-state index contributed by atoms with van der Waals surface area (Å²) in [5, 5.41) is 5.36. The van der Waals surface area contributed by atoms with Gasteiger partial charge in [0.15, 0.2) is 6.61 Å². The van der Waals surface area contributed by atoms with E-state index < -0.39 is 5.91 Å². The molecule has 0 saturated heterocycles. The molecule has 1 fully saturated rings. The maximum absolute atomic E-state index is 12.0. The zero-order chi connectivity index (χ0) is 17.4. The fourth-order valence-corrected chi connectivity index (χ4v) is 2.70. The molecule has 7 nitrogen and oxygen atoms in total. The molecular formula is C17H23N3O4. The van der Waals surface area contributed by atoms with E-state index in [0.717, 1.165) is 25.7 Å². The van der Waals surface area contributed by atoms with Gasteiger partial charge in [-0.15, -0.1) is 0 Å². The van der Waals surface area contributed by atoms with Gasteiger partial charge >= 0.3 is 0 Å². The van der Waals surface area contributed by atoms with E-state index in [0.29, 0.717) is 11.4 Å². The summed E-state index contributed by atoms with van der Waals surface area (Å²) in [6, 6.07) is 6.62. The van der Waals surface area contributed by atoms with Crippen molar-refractivity contribution >= 4 is 23.4 Å². The molecule has 1 saturated carbocycles. The summed E-state index contributed by atoms with van der Waals surface area (Å²) in [6.07, 6.45) is 5.11. The van der Waals surface area contributed by atoms with Crippen LogP contribution >= 0.6 is 0 Å². The van der Waals surface area contributed by atoms with Crippen LogP contribution < -0.4 is 21.1 Å². The minimum atomic E-state index is -0.574. The predicted molar refractivity (Wildman–Crippen MR) is 89.3 cm³/mol. The van der Waals surface area contributed by atoms with Crippen LogP contribution in [0.2, 0.25) is 0 Å². The molecule has 0 atom stereocenters. The number of carbonyl (C=O) groups is 3. The van der Waals surface area contributed by atoms with Crippen molar-refractivity contribution in [3.05, 3.63) is 24.3 Å². The molecule has 0 unspecified atom stereocenters. The van der Waals surface area contributed by atoms with E-state index in [1.807, 2.05) is 0 Å². The number of anilines is 1. The third kappa shape index (κ3) is 5.91. The number of amides is 3. The van der Waals surface area contributed by atoms with Crippen LogP contribution in [-0.4, -0.2) is 30.9 Å². The molecule has 0 aliphatic heterocycles. The monoisotopic (exact) mass is 333 g/mol. The number of hydrogen-bond donors (Lipinski definition) is 3. The van der Waals surface area contributed by atoms with Crippen LogP contribution in [0.4, 0.5) is 5.69 Å². The lowest BCUT2D eigenvalue weighted by molar-refractivity contribution is -0.128. The third-order valence-electron chi connectivity index (χ3n) is 3.90. The van der Waals surface area contributed by atoms with E-state index in [9.17, 15) is 14.4 Å².